The lowest BCUT2D eigenvalue weighted by Crippen LogP contribution is -2.17. The minimum Gasteiger partial charge on any atom is -0.355 e. The van der Waals surface area contributed by atoms with Gasteiger partial charge in [-0.05, 0) is 35.4 Å². The molecular formula is C20H17N3S. The first kappa shape index (κ1) is 14.8. The summed E-state index contributed by atoms with van der Waals surface area (Å²) in [6.45, 7) is 0.845. The van der Waals surface area contributed by atoms with Crippen LogP contribution >= 0.6 is 11.3 Å². The van der Waals surface area contributed by atoms with Crippen molar-refractivity contribution >= 4 is 27.4 Å². The van der Waals surface area contributed by atoms with E-state index in [1.165, 1.54) is 10.3 Å². The summed E-state index contributed by atoms with van der Waals surface area (Å²) in [7, 11) is 2.07. The fraction of sp³-hybridized carbons (Fsp3) is 0.100. The first-order valence-corrected chi connectivity index (χ1v) is 8.72. The van der Waals surface area contributed by atoms with E-state index < -0.39 is 0 Å². The van der Waals surface area contributed by atoms with Crippen molar-refractivity contribution in [2.75, 3.05) is 11.9 Å². The summed E-state index contributed by atoms with van der Waals surface area (Å²) in [4.78, 5) is 11.2. The van der Waals surface area contributed by atoms with E-state index in [1.807, 2.05) is 17.8 Å². The molecule has 0 bridgehead atoms. The van der Waals surface area contributed by atoms with E-state index in [0.29, 0.717) is 0 Å². The molecular weight excluding hydrogens is 314 g/mol. The lowest BCUT2D eigenvalue weighted by molar-refractivity contribution is 0.898. The van der Waals surface area contributed by atoms with Gasteiger partial charge in [-0.1, -0.05) is 36.4 Å². The number of thiazole rings is 1. The van der Waals surface area contributed by atoms with Crippen LogP contribution in [0.15, 0.2) is 72.4 Å². The summed E-state index contributed by atoms with van der Waals surface area (Å²) in [6, 6.07) is 21.0. The van der Waals surface area contributed by atoms with Gasteiger partial charge in [-0.2, -0.15) is 0 Å². The van der Waals surface area contributed by atoms with E-state index in [-0.39, 0.29) is 0 Å². The summed E-state index contributed by atoms with van der Waals surface area (Å²) in [5.41, 5.74) is 6.47. The first-order valence-electron chi connectivity index (χ1n) is 7.84. The molecule has 0 atom stereocenters. The van der Waals surface area contributed by atoms with Crippen LogP contribution < -0.4 is 4.90 Å². The number of benzene rings is 2. The minimum atomic E-state index is 0.845. The Morgan fingerprint density at radius 3 is 2.54 bits per heavy atom. The van der Waals surface area contributed by atoms with Crippen LogP contribution in [0.4, 0.5) is 5.82 Å². The molecule has 2 heterocycles. The van der Waals surface area contributed by atoms with Crippen LogP contribution in [0.3, 0.4) is 0 Å². The van der Waals surface area contributed by atoms with Crippen molar-refractivity contribution in [1.29, 1.82) is 0 Å². The lowest BCUT2D eigenvalue weighted by Gasteiger charge is -2.18. The van der Waals surface area contributed by atoms with Crippen LogP contribution in [0.5, 0.6) is 0 Å². The van der Waals surface area contributed by atoms with E-state index in [1.54, 1.807) is 11.3 Å². The third-order valence-corrected chi connectivity index (χ3v) is 4.88. The van der Waals surface area contributed by atoms with Crippen LogP contribution in [0.25, 0.3) is 21.3 Å². The molecule has 0 radical (unpaired) electrons. The molecule has 0 aliphatic heterocycles. The van der Waals surface area contributed by atoms with Crippen molar-refractivity contribution in [1.82, 2.24) is 9.97 Å². The molecule has 4 aromatic rings. The maximum Gasteiger partial charge on any atom is 0.128 e. The summed E-state index contributed by atoms with van der Waals surface area (Å²) in [5.74, 6) is 0.970. The molecule has 4 rings (SSSR count). The van der Waals surface area contributed by atoms with Crippen molar-refractivity contribution in [3.63, 3.8) is 0 Å². The largest absolute Gasteiger partial charge is 0.355 e. The standard InChI is InChI=1S/C20H17N3S/c1-23(13-15-5-3-2-4-6-15)20-10-8-17(12-21-20)16-7-9-19-18(11-16)22-14-24-19/h2-12,14H,13H2,1H3. The summed E-state index contributed by atoms with van der Waals surface area (Å²) in [6.07, 6.45) is 1.93. The Morgan fingerprint density at radius 1 is 0.917 bits per heavy atom. The number of pyridine rings is 1. The van der Waals surface area contributed by atoms with Crippen molar-refractivity contribution in [3.8, 4) is 11.1 Å². The Bertz CT molecular complexity index is 945. The van der Waals surface area contributed by atoms with Gasteiger partial charge < -0.3 is 4.90 Å². The van der Waals surface area contributed by atoms with E-state index in [0.717, 1.165) is 29.0 Å². The molecule has 0 aliphatic rings. The second-order valence-electron chi connectivity index (χ2n) is 5.78. The quantitative estimate of drug-likeness (QED) is 0.527. The fourth-order valence-corrected chi connectivity index (χ4v) is 3.42. The van der Waals surface area contributed by atoms with Gasteiger partial charge in [-0.15, -0.1) is 11.3 Å². The first-order chi connectivity index (χ1) is 11.8. The number of aromatic nitrogens is 2. The summed E-state index contributed by atoms with van der Waals surface area (Å²) < 4.78 is 1.21. The smallest absolute Gasteiger partial charge is 0.128 e. The van der Waals surface area contributed by atoms with Gasteiger partial charge in [0, 0.05) is 25.4 Å². The van der Waals surface area contributed by atoms with Gasteiger partial charge in [-0.3, -0.25) is 0 Å². The highest BCUT2D eigenvalue weighted by atomic mass is 32.1. The number of nitrogens with zero attached hydrogens (tertiary/aromatic N) is 3. The van der Waals surface area contributed by atoms with Crippen LogP contribution in [-0.2, 0) is 6.54 Å². The van der Waals surface area contributed by atoms with E-state index >= 15 is 0 Å². The third kappa shape index (κ3) is 3.01. The van der Waals surface area contributed by atoms with Gasteiger partial charge in [0.15, 0.2) is 0 Å². The van der Waals surface area contributed by atoms with Crippen LogP contribution in [-0.4, -0.2) is 17.0 Å². The van der Waals surface area contributed by atoms with Crippen LogP contribution in [0, 0.1) is 0 Å². The molecule has 0 spiro atoms. The number of fused-ring (bicyclic) bond motifs is 1. The van der Waals surface area contributed by atoms with Crippen molar-refractivity contribution in [2.45, 2.75) is 6.54 Å². The zero-order valence-corrected chi connectivity index (χ0v) is 14.2. The monoisotopic (exact) mass is 331 g/mol. The molecule has 0 aliphatic carbocycles. The van der Waals surface area contributed by atoms with E-state index in [9.17, 15) is 0 Å². The number of rotatable bonds is 4. The van der Waals surface area contributed by atoms with Crippen molar-refractivity contribution in [3.05, 3.63) is 77.9 Å². The number of hydrogen-bond acceptors (Lipinski definition) is 4. The molecule has 4 heteroatoms. The van der Waals surface area contributed by atoms with Gasteiger partial charge in [0.1, 0.15) is 5.82 Å². The highest BCUT2D eigenvalue weighted by molar-refractivity contribution is 7.16. The molecule has 0 saturated heterocycles. The maximum absolute atomic E-state index is 4.63. The highest BCUT2D eigenvalue weighted by Crippen LogP contribution is 2.26. The average molecular weight is 331 g/mol. The van der Waals surface area contributed by atoms with Crippen molar-refractivity contribution < 1.29 is 0 Å². The van der Waals surface area contributed by atoms with Gasteiger partial charge in [0.05, 0.1) is 15.7 Å². The van der Waals surface area contributed by atoms with Crippen LogP contribution in [0.1, 0.15) is 5.56 Å². The zero-order chi connectivity index (χ0) is 16.4. The molecule has 118 valence electrons. The maximum atomic E-state index is 4.63. The number of hydrogen-bond donors (Lipinski definition) is 0. The molecule has 24 heavy (non-hydrogen) atoms. The predicted molar refractivity (Wildman–Crippen MR) is 101 cm³/mol. The molecule has 0 amide bonds. The van der Waals surface area contributed by atoms with Gasteiger partial charge in [-0.25, -0.2) is 9.97 Å². The predicted octanol–water partition coefficient (Wildman–Crippen LogP) is 4.99. The fourth-order valence-electron chi connectivity index (χ4n) is 2.76. The zero-order valence-electron chi connectivity index (χ0n) is 13.4. The second kappa shape index (κ2) is 6.42. The van der Waals surface area contributed by atoms with E-state index in [4.69, 9.17) is 0 Å². The van der Waals surface area contributed by atoms with Gasteiger partial charge >= 0.3 is 0 Å². The SMILES string of the molecule is CN(Cc1ccccc1)c1ccc(-c2ccc3scnc3c2)cn1. The van der Waals surface area contributed by atoms with Crippen molar-refractivity contribution in [2.24, 2.45) is 0 Å². The Morgan fingerprint density at radius 2 is 1.75 bits per heavy atom. The molecule has 2 aromatic heterocycles. The third-order valence-electron chi connectivity index (χ3n) is 4.07. The molecule has 0 fully saturated rings. The molecule has 3 nitrogen and oxygen atoms in total. The summed E-state index contributed by atoms with van der Waals surface area (Å²) >= 11 is 1.67. The minimum absolute atomic E-state index is 0.845. The summed E-state index contributed by atoms with van der Waals surface area (Å²) in [5, 5.41) is 0. The molecule has 0 saturated carbocycles. The Hall–Kier alpha value is -2.72. The van der Waals surface area contributed by atoms with Gasteiger partial charge in [0.25, 0.3) is 0 Å². The normalized spacial score (nSPS) is 10.9. The van der Waals surface area contributed by atoms with Crippen LogP contribution in [0.2, 0.25) is 0 Å². The molecule has 2 aromatic carbocycles. The average Bonchev–Trinajstić information content (AvgIpc) is 3.10. The van der Waals surface area contributed by atoms with E-state index in [2.05, 4.69) is 76.5 Å². The Labute approximate surface area is 145 Å². The Balaban J connectivity index is 1.55. The lowest BCUT2D eigenvalue weighted by atomic mass is 10.1. The van der Waals surface area contributed by atoms with Gasteiger partial charge in [0.2, 0.25) is 0 Å². The molecule has 0 N–H and O–H groups in total. The molecule has 0 unspecified atom stereocenters. The Kier molecular flexibility index (Phi) is 3.97. The topological polar surface area (TPSA) is 29.0 Å². The second-order valence-corrected chi connectivity index (χ2v) is 6.67. The number of anilines is 1. The highest BCUT2D eigenvalue weighted by Gasteiger charge is 2.06.